The highest BCUT2D eigenvalue weighted by Crippen LogP contribution is 2.24. The second kappa shape index (κ2) is 5.83. The van der Waals surface area contributed by atoms with E-state index in [-0.39, 0.29) is 0 Å². The van der Waals surface area contributed by atoms with Crippen LogP contribution in [-0.4, -0.2) is 17.6 Å². The fourth-order valence-electron chi connectivity index (χ4n) is 2.28. The van der Waals surface area contributed by atoms with Crippen LogP contribution in [0.3, 0.4) is 0 Å². The highest BCUT2D eigenvalue weighted by Gasteiger charge is 2.18. The number of aryl methyl sites for hydroxylation is 1. The molecule has 0 unspecified atom stereocenters. The van der Waals surface area contributed by atoms with Crippen LogP contribution in [0.4, 0.5) is 5.82 Å². The van der Waals surface area contributed by atoms with Gasteiger partial charge in [-0.05, 0) is 66.1 Å². The SMILES string of the molecule is Cc1cc(NCC2CCC(N)CC2)ncc1Br. The zero-order valence-electron chi connectivity index (χ0n) is 10.2. The number of nitrogens with zero attached hydrogens (tertiary/aromatic N) is 1. The summed E-state index contributed by atoms with van der Waals surface area (Å²) in [5.74, 6) is 1.72. The van der Waals surface area contributed by atoms with Crippen LogP contribution in [0.2, 0.25) is 0 Å². The molecule has 0 aromatic carbocycles. The van der Waals surface area contributed by atoms with Crippen molar-refractivity contribution in [3.8, 4) is 0 Å². The first kappa shape index (κ1) is 12.8. The van der Waals surface area contributed by atoms with Gasteiger partial charge in [0.05, 0.1) is 0 Å². The van der Waals surface area contributed by atoms with Gasteiger partial charge in [0, 0.05) is 23.3 Å². The molecule has 0 bridgehead atoms. The smallest absolute Gasteiger partial charge is 0.126 e. The highest BCUT2D eigenvalue weighted by molar-refractivity contribution is 9.10. The Morgan fingerprint density at radius 3 is 2.76 bits per heavy atom. The van der Waals surface area contributed by atoms with Gasteiger partial charge in [0.2, 0.25) is 0 Å². The van der Waals surface area contributed by atoms with E-state index in [4.69, 9.17) is 5.73 Å². The average Bonchev–Trinajstić information content (AvgIpc) is 2.33. The molecule has 17 heavy (non-hydrogen) atoms. The molecule has 0 saturated heterocycles. The van der Waals surface area contributed by atoms with Gasteiger partial charge in [-0.15, -0.1) is 0 Å². The second-order valence-electron chi connectivity index (χ2n) is 4.98. The Kier molecular flexibility index (Phi) is 4.40. The minimum atomic E-state index is 0.430. The Hall–Kier alpha value is -0.610. The predicted octanol–water partition coefficient (Wildman–Crippen LogP) is 3.08. The molecule has 2 rings (SSSR count). The number of hydrogen-bond donors (Lipinski definition) is 2. The molecular formula is C13H20BrN3. The first-order chi connectivity index (χ1) is 8.15. The number of rotatable bonds is 3. The van der Waals surface area contributed by atoms with Gasteiger partial charge in [0.15, 0.2) is 0 Å². The maximum absolute atomic E-state index is 5.90. The van der Waals surface area contributed by atoms with Gasteiger partial charge in [-0.1, -0.05) is 0 Å². The molecular weight excluding hydrogens is 278 g/mol. The van der Waals surface area contributed by atoms with E-state index < -0.39 is 0 Å². The minimum Gasteiger partial charge on any atom is -0.370 e. The van der Waals surface area contributed by atoms with Gasteiger partial charge in [-0.25, -0.2) is 4.98 Å². The normalized spacial score (nSPS) is 24.6. The number of nitrogens with one attached hydrogen (secondary N) is 1. The molecule has 1 heterocycles. The molecule has 0 amide bonds. The number of pyridine rings is 1. The lowest BCUT2D eigenvalue weighted by molar-refractivity contribution is 0.338. The molecule has 1 saturated carbocycles. The first-order valence-electron chi connectivity index (χ1n) is 6.26. The summed E-state index contributed by atoms with van der Waals surface area (Å²) in [7, 11) is 0. The van der Waals surface area contributed by atoms with Crippen molar-refractivity contribution < 1.29 is 0 Å². The lowest BCUT2D eigenvalue weighted by Crippen LogP contribution is -2.29. The molecule has 1 aromatic rings. The van der Waals surface area contributed by atoms with Gasteiger partial charge < -0.3 is 11.1 Å². The zero-order chi connectivity index (χ0) is 12.3. The lowest BCUT2D eigenvalue weighted by atomic mass is 9.86. The molecule has 0 spiro atoms. The number of nitrogens with two attached hydrogens (primary N) is 1. The van der Waals surface area contributed by atoms with Crippen molar-refractivity contribution in [2.75, 3.05) is 11.9 Å². The van der Waals surface area contributed by atoms with Crippen LogP contribution in [0.25, 0.3) is 0 Å². The lowest BCUT2D eigenvalue weighted by Gasteiger charge is -2.26. The topological polar surface area (TPSA) is 50.9 Å². The summed E-state index contributed by atoms with van der Waals surface area (Å²) in [6, 6.07) is 2.51. The molecule has 1 aromatic heterocycles. The average molecular weight is 298 g/mol. The quantitative estimate of drug-likeness (QED) is 0.901. The Bertz CT molecular complexity index is 373. The summed E-state index contributed by atoms with van der Waals surface area (Å²) < 4.78 is 1.06. The number of anilines is 1. The van der Waals surface area contributed by atoms with E-state index in [1.165, 1.54) is 31.2 Å². The minimum absolute atomic E-state index is 0.430. The summed E-state index contributed by atoms with van der Waals surface area (Å²) in [5.41, 5.74) is 7.12. The van der Waals surface area contributed by atoms with Gasteiger partial charge in [0.1, 0.15) is 5.82 Å². The summed E-state index contributed by atoms with van der Waals surface area (Å²) in [5, 5.41) is 3.42. The maximum Gasteiger partial charge on any atom is 0.126 e. The third kappa shape index (κ3) is 3.68. The zero-order valence-corrected chi connectivity index (χ0v) is 11.8. The van der Waals surface area contributed by atoms with E-state index in [2.05, 4.69) is 39.2 Å². The molecule has 0 radical (unpaired) electrons. The highest BCUT2D eigenvalue weighted by atomic mass is 79.9. The Morgan fingerprint density at radius 2 is 2.12 bits per heavy atom. The Balaban J connectivity index is 1.83. The summed E-state index contributed by atoms with van der Waals surface area (Å²) >= 11 is 3.46. The molecule has 3 N–H and O–H groups in total. The summed E-state index contributed by atoms with van der Waals surface area (Å²) in [6.07, 6.45) is 6.67. The van der Waals surface area contributed by atoms with Crippen LogP contribution in [0.5, 0.6) is 0 Å². The van der Waals surface area contributed by atoms with Crippen molar-refractivity contribution in [1.29, 1.82) is 0 Å². The monoisotopic (exact) mass is 297 g/mol. The number of hydrogen-bond acceptors (Lipinski definition) is 3. The van der Waals surface area contributed by atoms with Crippen LogP contribution in [0, 0.1) is 12.8 Å². The predicted molar refractivity (Wildman–Crippen MR) is 75.1 cm³/mol. The van der Waals surface area contributed by atoms with Crippen LogP contribution >= 0.6 is 15.9 Å². The molecule has 1 aliphatic rings. The van der Waals surface area contributed by atoms with Gasteiger partial charge in [-0.3, -0.25) is 0 Å². The summed E-state index contributed by atoms with van der Waals surface area (Å²) in [4.78, 5) is 4.36. The van der Waals surface area contributed by atoms with E-state index in [9.17, 15) is 0 Å². The van der Waals surface area contributed by atoms with Crippen molar-refractivity contribution in [2.45, 2.75) is 38.6 Å². The Labute approximate surface area is 111 Å². The van der Waals surface area contributed by atoms with E-state index in [1.54, 1.807) is 0 Å². The number of halogens is 1. The second-order valence-corrected chi connectivity index (χ2v) is 5.83. The van der Waals surface area contributed by atoms with Gasteiger partial charge in [-0.2, -0.15) is 0 Å². The maximum atomic E-state index is 5.90. The van der Waals surface area contributed by atoms with E-state index in [0.717, 1.165) is 22.8 Å². The van der Waals surface area contributed by atoms with Crippen molar-refractivity contribution in [3.63, 3.8) is 0 Å². The van der Waals surface area contributed by atoms with Gasteiger partial charge in [0.25, 0.3) is 0 Å². The molecule has 3 nitrogen and oxygen atoms in total. The number of aromatic nitrogens is 1. The van der Waals surface area contributed by atoms with Crippen LogP contribution < -0.4 is 11.1 Å². The van der Waals surface area contributed by atoms with Crippen molar-refractivity contribution in [2.24, 2.45) is 11.7 Å². The summed E-state index contributed by atoms with van der Waals surface area (Å²) in [6.45, 7) is 3.09. The molecule has 4 heteroatoms. The van der Waals surface area contributed by atoms with Crippen molar-refractivity contribution in [1.82, 2.24) is 4.98 Å². The van der Waals surface area contributed by atoms with Crippen LogP contribution in [-0.2, 0) is 0 Å². The van der Waals surface area contributed by atoms with Crippen LogP contribution in [0.15, 0.2) is 16.7 Å². The van der Waals surface area contributed by atoms with E-state index in [1.807, 2.05) is 6.20 Å². The third-order valence-corrected chi connectivity index (χ3v) is 4.34. The first-order valence-corrected chi connectivity index (χ1v) is 7.06. The fraction of sp³-hybridized carbons (Fsp3) is 0.615. The van der Waals surface area contributed by atoms with Crippen molar-refractivity contribution >= 4 is 21.7 Å². The largest absolute Gasteiger partial charge is 0.370 e. The molecule has 94 valence electrons. The molecule has 1 aliphatic carbocycles. The molecule has 0 atom stereocenters. The Morgan fingerprint density at radius 1 is 1.41 bits per heavy atom. The van der Waals surface area contributed by atoms with Crippen LogP contribution in [0.1, 0.15) is 31.2 Å². The van der Waals surface area contributed by atoms with E-state index >= 15 is 0 Å². The molecule has 1 fully saturated rings. The standard InChI is InChI=1S/C13H20BrN3/c1-9-6-13(17-8-12(9)14)16-7-10-2-4-11(15)5-3-10/h6,8,10-11H,2-5,7,15H2,1H3,(H,16,17). The van der Waals surface area contributed by atoms with E-state index in [0.29, 0.717) is 6.04 Å². The fourth-order valence-corrected chi connectivity index (χ4v) is 2.49. The molecule has 0 aliphatic heterocycles. The third-order valence-electron chi connectivity index (χ3n) is 3.51. The van der Waals surface area contributed by atoms with Gasteiger partial charge >= 0.3 is 0 Å². The van der Waals surface area contributed by atoms with Crippen molar-refractivity contribution in [3.05, 3.63) is 22.3 Å².